The number of nitrogens with one attached hydrogen (secondary N) is 1. The zero-order chi connectivity index (χ0) is 16.8. The van der Waals surface area contributed by atoms with Crippen LogP contribution >= 0.6 is 0 Å². The van der Waals surface area contributed by atoms with Gasteiger partial charge >= 0.3 is 5.97 Å². The Kier molecular flexibility index (Phi) is 4.98. The van der Waals surface area contributed by atoms with Crippen LogP contribution in [0.4, 0.5) is 5.69 Å². The molecule has 1 aromatic carbocycles. The smallest absolute Gasteiger partial charge is 0.337 e. The fourth-order valence-corrected chi connectivity index (χ4v) is 1.72. The fraction of sp³-hybridized carbons (Fsp3) is 0.133. The molecule has 0 saturated carbocycles. The average Bonchev–Trinajstić information content (AvgIpc) is 2.54. The molecule has 0 spiro atoms. The lowest BCUT2D eigenvalue weighted by Gasteiger charge is -2.10. The minimum atomic E-state index is -1.21. The third-order valence-electron chi connectivity index (χ3n) is 2.81. The number of carboxylic acid groups (broad SMARTS) is 1. The number of aromatic nitrogens is 1. The van der Waals surface area contributed by atoms with E-state index in [1.165, 1.54) is 7.11 Å². The van der Waals surface area contributed by atoms with Crippen molar-refractivity contribution in [3.05, 3.63) is 58.5 Å². The molecule has 0 bridgehead atoms. The molecule has 23 heavy (non-hydrogen) atoms. The van der Waals surface area contributed by atoms with Gasteiger partial charge in [0.1, 0.15) is 5.75 Å². The lowest BCUT2D eigenvalue weighted by atomic mass is 10.3. The number of carbonyl (C=O) groups is 2. The summed E-state index contributed by atoms with van der Waals surface area (Å²) in [5.41, 5.74) is -0.202. The molecule has 1 aromatic heterocycles. The number of rotatable bonds is 6. The molecule has 120 valence electrons. The molecule has 0 unspecified atom stereocenters. The number of amides is 1. The zero-order valence-electron chi connectivity index (χ0n) is 12.2. The summed E-state index contributed by atoms with van der Waals surface area (Å²) in [5, 5.41) is 11.4. The highest BCUT2D eigenvalue weighted by atomic mass is 16.7. The molecule has 0 fully saturated rings. The molecule has 0 saturated heterocycles. The zero-order valence-corrected chi connectivity index (χ0v) is 12.2. The van der Waals surface area contributed by atoms with E-state index in [2.05, 4.69) is 5.32 Å². The number of hydrogen-bond acceptors (Lipinski definition) is 5. The van der Waals surface area contributed by atoms with Crippen molar-refractivity contribution in [1.82, 2.24) is 4.73 Å². The molecular weight excluding hydrogens is 304 g/mol. The molecule has 2 N–H and O–H groups in total. The Balaban J connectivity index is 2.00. The highest BCUT2D eigenvalue weighted by Gasteiger charge is 2.08. The van der Waals surface area contributed by atoms with Crippen molar-refractivity contribution in [2.45, 2.75) is 0 Å². The van der Waals surface area contributed by atoms with Gasteiger partial charge in [0.25, 0.3) is 11.5 Å². The Morgan fingerprint density at radius 3 is 2.74 bits per heavy atom. The Bertz CT molecular complexity index is 784. The monoisotopic (exact) mass is 318 g/mol. The van der Waals surface area contributed by atoms with Gasteiger partial charge in [-0.15, -0.1) is 0 Å². The van der Waals surface area contributed by atoms with Crippen LogP contribution in [-0.4, -0.2) is 35.4 Å². The lowest BCUT2D eigenvalue weighted by molar-refractivity contribution is -0.120. The van der Waals surface area contributed by atoms with Crippen molar-refractivity contribution in [2.75, 3.05) is 19.0 Å². The Morgan fingerprint density at radius 2 is 2.04 bits per heavy atom. The quantitative estimate of drug-likeness (QED) is 0.808. The van der Waals surface area contributed by atoms with Gasteiger partial charge in [-0.1, -0.05) is 6.07 Å². The highest BCUT2D eigenvalue weighted by Crippen LogP contribution is 2.16. The van der Waals surface area contributed by atoms with Crippen molar-refractivity contribution >= 4 is 17.6 Å². The normalized spacial score (nSPS) is 9.96. The second kappa shape index (κ2) is 7.12. The summed E-state index contributed by atoms with van der Waals surface area (Å²) < 4.78 is 5.74. The van der Waals surface area contributed by atoms with E-state index in [1.807, 2.05) is 0 Å². The summed E-state index contributed by atoms with van der Waals surface area (Å²) in [4.78, 5) is 39.2. The van der Waals surface area contributed by atoms with Gasteiger partial charge < -0.3 is 20.0 Å². The first-order valence-corrected chi connectivity index (χ1v) is 6.53. The van der Waals surface area contributed by atoms with Crippen LogP contribution in [-0.2, 0) is 4.79 Å². The molecule has 0 atom stereocenters. The summed E-state index contributed by atoms with van der Waals surface area (Å²) >= 11 is 0. The number of pyridine rings is 1. The van der Waals surface area contributed by atoms with Crippen LogP contribution in [0.15, 0.2) is 47.4 Å². The molecule has 8 heteroatoms. The molecule has 1 heterocycles. The summed E-state index contributed by atoms with van der Waals surface area (Å²) in [7, 11) is 1.51. The van der Waals surface area contributed by atoms with Crippen LogP contribution in [0.25, 0.3) is 0 Å². The number of hydrogen-bond donors (Lipinski definition) is 2. The van der Waals surface area contributed by atoms with Gasteiger partial charge in [0, 0.05) is 17.8 Å². The highest BCUT2D eigenvalue weighted by molar-refractivity contribution is 5.91. The molecule has 8 nitrogen and oxygen atoms in total. The topological polar surface area (TPSA) is 107 Å². The van der Waals surface area contributed by atoms with Gasteiger partial charge in [-0.25, -0.2) is 4.79 Å². The number of carbonyl (C=O) groups excluding carboxylic acids is 1. The summed E-state index contributed by atoms with van der Waals surface area (Å²) in [6.45, 7) is -0.458. The molecule has 0 aliphatic carbocycles. The Hall–Kier alpha value is -3.29. The van der Waals surface area contributed by atoms with Crippen molar-refractivity contribution in [3.63, 3.8) is 0 Å². The average molecular weight is 318 g/mol. The van der Waals surface area contributed by atoms with Gasteiger partial charge in [-0.3, -0.25) is 9.59 Å². The van der Waals surface area contributed by atoms with E-state index >= 15 is 0 Å². The van der Waals surface area contributed by atoms with Crippen LogP contribution in [0, 0.1) is 0 Å². The second-order valence-corrected chi connectivity index (χ2v) is 4.44. The van der Waals surface area contributed by atoms with Crippen LogP contribution in [0.3, 0.4) is 0 Å². The first-order chi connectivity index (χ1) is 11.0. The van der Waals surface area contributed by atoms with Gasteiger partial charge in [-0.05, 0) is 18.2 Å². The maximum Gasteiger partial charge on any atom is 0.337 e. The van der Waals surface area contributed by atoms with Gasteiger partial charge in [0.2, 0.25) is 0 Å². The fourth-order valence-electron chi connectivity index (χ4n) is 1.72. The van der Waals surface area contributed by atoms with Gasteiger partial charge in [0.15, 0.2) is 6.61 Å². The largest absolute Gasteiger partial charge is 0.497 e. The molecule has 1 amide bonds. The number of methoxy groups -OCH3 is 1. The van der Waals surface area contributed by atoms with Gasteiger partial charge in [-0.2, -0.15) is 4.73 Å². The summed E-state index contributed by atoms with van der Waals surface area (Å²) in [6.07, 6.45) is 1.00. The minimum Gasteiger partial charge on any atom is -0.497 e. The summed E-state index contributed by atoms with van der Waals surface area (Å²) in [6, 6.07) is 8.91. The predicted octanol–water partition coefficient (Wildman–Crippen LogP) is 0.622. The van der Waals surface area contributed by atoms with Crippen LogP contribution in [0.5, 0.6) is 5.75 Å². The second-order valence-electron chi connectivity index (χ2n) is 4.44. The summed E-state index contributed by atoms with van der Waals surface area (Å²) in [5.74, 6) is -1.14. The molecule has 0 aliphatic heterocycles. The first kappa shape index (κ1) is 16.1. The first-order valence-electron chi connectivity index (χ1n) is 6.53. The van der Waals surface area contributed by atoms with E-state index in [-0.39, 0.29) is 5.56 Å². The van der Waals surface area contributed by atoms with Crippen molar-refractivity contribution in [3.8, 4) is 5.75 Å². The lowest BCUT2D eigenvalue weighted by Crippen LogP contribution is -2.32. The number of ether oxygens (including phenoxy) is 1. The van der Waals surface area contributed by atoms with Crippen molar-refractivity contribution in [1.29, 1.82) is 0 Å². The predicted molar refractivity (Wildman–Crippen MR) is 80.7 cm³/mol. The molecule has 2 aromatic rings. The van der Waals surface area contributed by atoms with Gasteiger partial charge in [0.05, 0.1) is 18.9 Å². The SMILES string of the molecule is COc1cccc(NC(=O)COn2cc(C(=O)O)ccc2=O)c1. The van der Waals surface area contributed by atoms with E-state index in [1.54, 1.807) is 24.3 Å². The molecule has 0 radical (unpaired) electrons. The number of benzene rings is 1. The van der Waals surface area contributed by atoms with E-state index in [0.717, 1.165) is 18.3 Å². The maximum absolute atomic E-state index is 11.8. The minimum absolute atomic E-state index is 0.127. The van der Waals surface area contributed by atoms with E-state index in [9.17, 15) is 14.4 Å². The maximum atomic E-state index is 11.8. The third kappa shape index (κ3) is 4.34. The van der Waals surface area contributed by atoms with E-state index < -0.39 is 24.0 Å². The molecule has 0 aliphatic rings. The number of carboxylic acids is 1. The number of aromatic carboxylic acids is 1. The standard InChI is InChI=1S/C15H14N2O6/c1-22-12-4-2-3-11(7-12)16-13(18)9-23-17-8-10(15(20)21)5-6-14(17)19/h2-8H,9H2,1H3,(H,16,18)(H,20,21). The number of anilines is 1. The van der Waals surface area contributed by atoms with Crippen LogP contribution in [0.2, 0.25) is 0 Å². The van der Waals surface area contributed by atoms with E-state index in [4.69, 9.17) is 14.7 Å². The van der Waals surface area contributed by atoms with Crippen molar-refractivity contribution in [2.24, 2.45) is 0 Å². The molecular formula is C15H14N2O6. The molecule has 2 rings (SSSR count). The van der Waals surface area contributed by atoms with E-state index in [0.29, 0.717) is 16.2 Å². The Morgan fingerprint density at radius 1 is 1.26 bits per heavy atom. The number of nitrogens with zero attached hydrogens (tertiary/aromatic N) is 1. The third-order valence-corrected chi connectivity index (χ3v) is 2.81. The Labute approximate surface area is 130 Å². The van der Waals surface area contributed by atoms with Crippen LogP contribution < -0.4 is 20.5 Å². The van der Waals surface area contributed by atoms with Crippen molar-refractivity contribution < 1.29 is 24.3 Å². The van der Waals surface area contributed by atoms with Crippen LogP contribution in [0.1, 0.15) is 10.4 Å².